The number of pyridine rings is 1. The molecule has 0 spiro atoms. The predicted octanol–water partition coefficient (Wildman–Crippen LogP) is 1.77. The summed E-state index contributed by atoms with van der Waals surface area (Å²) >= 11 is 0. The van der Waals surface area contributed by atoms with E-state index in [4.69, 9.17) is 5.73 Å². The summed E-state index contributed by atoms with van der Waals surface area (Å²) in [7, 11) is 0. The predicted molar refractivity (Wildman–Crippen MR) is 70.0 cm³/mol. The Kier molecular flexibility index (Phi) is 2.44. The highest BCUT2D eigenvalue weighted by Crippen LogP contribution is 2.15. The van der Waals surface area contributed by atoms with Crippen LogP contribution >= 0.6 is 0 Å². The molecule has 0 atom stereocenters. The van der Waals surface area contributed by atoms with Gasteiger partial charge in [0.2, 0.25) is 0 Å². The molecule has 5 heteroatoms. The third-order valence-corrected chi connectivity index (χ3v) is 3.02. The summed E-state index contributed by atoms with van der Waals surface area (Å²) in [4.78, 5) is 4.30. The second-order valence-electron chi connectivity index (χ2n) is 4.25. The Balaban J connectivity index is 1.98. The molecule has 0 aliphatic heterocycles. The molecule has 0 unspecified atom stereocenters. The Hall–Kier alpha value is -2.43. The third-order valence-electron chi connectivity index (χ3n) is 3.02. The topological polar surface area (TPSA) is 69.6 Å². The Morgan fingerprint density at radius 1 is 1.28 bits per heavy atom. The molecule has 0 radical (unpaired) electrons. The van der Waals surface area contributed by atoms with Crippen LogP contribution in [-0.4, -0.2) is 20.0 Å². The van der Waals surface area contributed by atoms with Gasteiger partial charge in [-0.15, -0.1) is 5.10 Å². The smallest absolute Gasteiger partial charge is 0.168 e. The molecule has 1 aromatic carbocycles. The van der Waals surface area contributed by atoms with Gasteiger partial charge in [-0.1, -0.05) is 17.3 Å². The average molecular weight is 239 g/mol. The van der Waals surface area contributed by atoms with Crippen molar-refractivity contribution in [1.29, 1.82) is 0 Å². The number of fused-ring (bicyclic) bond motifs is 1. The monoisotopic (exact) mass is 239 g/mol. The largest absolute Gasteiger partial charge is 0.381 e. The zero-order valence-corrected chi connectivity index (χ0v) is 10.0. The van der Waals surface area contributed by atoms with Crippen molar-refractivity contribution in [3.63, 3.8) is 0 Å². The lowest BCUT2D eigenvalue weighted by atomic mass is 10.1. The molecule has 90 valence electrons. The average Bonchev–Trinajstić information content (AvgIpc) is 2.71. The van der Waals surface area contributed by atoms with Gasteiger partial charge in [0.1, 0.15) is 0 Å². The Bertz CT molecular complexity index is 701. The van der Waals surface area contributed by atoms with E-state index in [2.05, 4.69) is 21.4 Å². The van der Waals surface area contributed by atoms with Gasteiger partial charge in [-0.2, -0.15) is 0 Å². The van der Waals surface area contributed by atoms with Crippen molar-refractivity contribution >= 4 is 16.7 Å². The minimum absolute atomic E-state index is 0.484. The zero-order valence-electron chi connectivity index (χ0n) is 10.0. The molecule has 0 saturated carbocycles. The zero-order chi connectivity index (χ0) is 12.5. The highest BCUT2D eigenvalue weighted by atomic mass is 15.4. The van der Waals surface area contributed by atoms with E-state index < -0.39 is 0 Å². The van der Waals surface area contributed by atoms with Crippen LogP contribution in [0.1, 0.15) is 11.3 Å². The number of hydrogen-bond donors (Lipinski definition) is 1. The first kappa shape index (κ1) is 10.7. The van der Waals surface area contributed by atoms with Gasteiger partial charge in [0.25, 0.3) is 0 Å². The molecule has 0 fully saturated rings. The molecule has 2 heterocycles. The fraction of sp³-hybridized carbons (Fsp3) is 0.154. The van der Waals surface area contributed by atoms with Crippen molar-refractivity contribution in [2.45, 2.75) is 13.5 Å². The first-order valence-corrected chi connectivity index (χ1v) is 5.73. The first-order valence-electron chi connectivity index (χ1n) is 5.73. The van der Waals surface area contributed by atoms with Crippen LogP contribution in [0.15, 0.2) is 36.5 Å². The molecule has 3 aromatic rings. The lowest BCUT2D eigenvalue weighted by Crippen LogP contribution is -2.04. The van der Waals surface area contributed by atoms with Gasteiger partial charge in [0.15, 0.2) is 5.82 Å². The first-order chi connectivity index (χ1) is 8.74. The third kappa shape index (κ3) is 1.79. The molecule has 18 heavy (non-hydrogen) atoms. The summed E-state index contributed by atoms with van der Waals surface area (Å²) in [6.07, 6.45) is 1.80. The summed E-state index contributed by atoms with van der Waals surface area (Å²) in [6.45, 7) is 2.58. The van der Waals surface area contributed by atoms with Crippen LogP contribution in [0.25, 0.3) is 10.9 Å². The molecule has 0 saturated heterocycles. The van der Waals surface area contributed by atoms with E-state index in [1.165, 1.54) is 0 Å². The van der Waals surface area contributed by atoms with E-state index in [1.54, 1.807) is 10.9 Å². The van der Waals surface area contributed by atoms with Gasteiger partial charge in [-0.3, -0.25) is 4.98 Å². The van der Waals surface area contributed by atoms with E-state index in [0.717, 1.165) is 22.2 Å². The van der Waals surface area contributed by atoms with Gasteiger partial charge in [-0.05, 0) is 30.7 Å². The van der Waals surface area contributed by atoms with Crippen molar-refractivity contribution in [3.8, 4) is 0 Å². The maximum absolute atomic E-state index is 5.68. The standard InChI is InChI=1S/C13H13N5/c1-9-13(14)16-17-18(9)8-10-4-5-12-11(7-10)3-2-6-15-12/h2-7H,8,14H2,1H3. The molecular weight excluding hydrogens is 226 g/mol. The minimum atomic E-state index is 0.484. The number of nitrogen functional groups attached to an aromatic ring is 1. The lowest BCUT2D eigenvalue weighted by Gasteiger charge is -2.05. The molecule has 0 aliphatic rings. The molecule has 2 aromatic heterocycles. The number of hydrogen-bond acceptors (Lipinski definition) is 4. The van der Waals surface area contributed by atoms with Gasteiger partial charge in [0, 0.05) is 11.6 Å². The van der Waals surface area contributed by atoms with Crippen LogP contribution in [0.2, 0.25) is 0 Å². The van der Waals surface area contributed by atoms with Crippen molar-refractivity contribution in [2.75, 3.05) is 5.73 Å². The number of anilines is 1. The van der Waals surface area contributed by atoms with Gasteiger partial charge in [0.05, 0.1) is 17.8 Å². The summed E-state index contributed by atoms with van der Waals surface area (Å²) in [5.41, 5.74) is 8.72. The molecule has 0 aliphatic carbocycles. The van der Waals surface area contributed by atoms with Crippen LogP contribution in [0.5, 0.6) is 0 Å². The number of nitrogens with two attached hydrogens (primary N) is 1. The van der Waals surface area contributed by atoms with Crippen LogP contribution in [0, 0.1) is 6.92 Å². The molecular formula is C13H13N5. The van der Waals surface area contributed by atoms with Gasteiger partial charge >= 0.3 is 0 Å². The number of rotatable bonds is 2. The Labute approximate surface area is 104 Å². The number of benzene rings is 1. The maximum atomic E-state index is 5.68. The summed E-state index contributed by atoms with van der Waals surface area (Å²) in [5, 5.41) is 9.00. The van der Waals surface area contributed by atoms with Crippen LogP contribution in [-0.2, 0) is 6.54 Å². The highest BCUT2D eigenvalue weighted by molar-refractivity contribution is 5.78. The Morgan fingerprint density at radius 2 is 2.17 bits per heavy atom. The van der Waals surface area contributed by atoms with Gasteiger partial charge in [-0.25, -0.2) is 4.68 Å². The second-order valence-corrected chi connectivity index (χ2v) is 4.25. The normalized spacial score (nSPS) is 10.9. The van der Waals surface area contributed by atoms with E-state index in [-0.39, 0.29) is 0 Å². The lowest BCUT2D eigenvalue weighted by molar-refractivity contribution is 0.634. The molecule has 3 rings (SSSR count). The quantitative estimate of drug-likeness (QED) is 0.739. The van der Waals surface area contributed by atoms with Crippen molar-refractivity contribution < 1.29 is 0 Å². The molecule has 0 bridgehead atoms. The molecule has 0 amide bonds. The SMILES string of the molecule is Cc1c(N)nnn1Cc1ccc2ncccc2c1. The minimum Gasteiger partial charge on any atom is -0.381 e. The van der Waals surface area contributed by atoms with Crippen LogP contribution < -0.4 is 5.73 Å². The highest BCUT2D eigenvalue weighted by Gasteiger charge is 2.05. The second kappa shape index (κ2) is 4.10. The van der Waals surface area contributed by atoms with E-state index in [1.807, 2.05) is 31.2 Å². The van der Waals surface area contributed by atoms with Crippen molar-refractivity contribution in [1.82, 2.24) is 20.0 Å². The summed E-state index contributed by atoms with van der Waals surface area (Å²) in [6, 6.07) is 10.2. The number of nitrogens with zero attached hydrogens (tertiary/aromatic N) is 4. The fourth-order valence-corrected chi connectivity index (χ4v) is 1.92. The van der Waals surface area contributed by atoms with E-state index in [9.17, 15) is 0 Å². The van der Waals surface area contributed by atoms with Crippen LogP contribution in [0.3, 0.4) is 0 Å². The summed E-state index contributed by atoms with van der Waals surface area (Å²) in [5.74, 6) is 0.484. The fourth-order valence-electron chi connectivity index (χ4n) is 1.92. The molecule has 2 N–H and O–H groups in total. The molecule has 5 nitrogen and oxygen atoms in total. The maximum Gasteiger partial charge on any atom is 0.168 e. The van der Waals surface area contributed by atoms with E-state index in [0.29, 0.717) is 12.4 Å². The van der Waals surface area contributed by atoms with Crippen LogP contribution in [0.4, 0.5) is 5.82 Å². The van der Waals surface area contributed by atoms with E-state index >= 15 is 0 Å². The van der Waals surface area contributed by atoms with Crippen molar-refractivity contribution in [2.24, 2.45) is 0 Å². The number of aromatic nitrogens is 4. The Morgan fingerprint density at radius 3 is 2.94 bits per heavy atom. The summed E-state index contributed by atoms with van der Waals surface area (Å²) < 4.78 is 1.80. The van der Waals surface area contributed by atoms with Gasteiger partial charge < -0.3 is 5.73 Å². The van der Waals surface area contributed by atoms with Crippen molar-refractivity contribution in [3.05, 3.63) is 47.8 Å².